The molecule has 0 saturated carbocycles. The van der Waals surface area contributed by atoms with E-state index in [4.69, 9.17) is 9.84 Å². The molecule has 0 aliphatic carbocycles. The van der Waals surface area contributed by atoms with E-state index in [0.717, 1.165) is 0 Å². The van der Waals surface area contributed by atoms with E-state index >= 15 is 0 Å². The number of fused-ring (bicyclic) bond motifs is 1. The Morgan fingerprint density at radius 2 is 1.96 bits per heavy atom. The first-order valence-electron chi connectivity index (χ1n) is 8.53. The zero-order valence-electron chi connectivity index (χ0n) is 15.0. The Morgan fingerprint density at radius 1 is 1.21 bits per heavy atom. The molecule has 13 heteroatoms. The van der Waals surface area contributed by atoms with Gasteiger partial charge in [0, 0.05) is 6.54 Å². The molecule has 0 radical (unpaired) electrons. The molecule has 0 amide bonds. The molecule has 0 bridgehead atoms. The van der Waals surface area contributed by atoms with Crippen LogP contribution in [0.4, 0.5) is 5.82 Å². The summed E-state index contributed by atoms with van der Waals surface area (Å²) in [5.41, 5.74) is 0.634. The average Bonchev–Trinajstić information content (AvgIpc) is 3.26. The zero-order valence-corrected chi connectivity index (χ0v) is 15.8. The van der Waals surface area contributed by atoms with E-state index in [1.54, 1.807) is 6.26 Å². The van der Waals surface area contributed by atoms with Crippen molar-refractivity contribution in [3.8, 4) is 0 Å². The van der Waals surface area contributed by atoms with Crippen molar-refractivity contribution in [3.63, 3.8) is 0 Å². The monoisotopic (exact) mass is 417 g/mol. The highest BCUT2D eigenvalue weighted by molar-refractivity contribution is 7.98. The number of hydrogen-bond donors (Lipinski definition) is 7. The van der Waals surface area contributed by atoms with Gasteiger partial charge in [0.2, 0.25) is 0 Å². The second-order valence-corrected chi connectivity index (χ2v) is 7.08. The Balaban J connectivity index is 1.93. The third kappa shape index (κ3) is 3.92. The van der Waals surface area contributed by atoms with Crippen LogP contribution in [0.2, 0.25) is 0 Å². The lowest BCUT2D eigenvalue weighted by atomic mass is 10.1. The molecule has 1 aliphatic rings. The zero-order chi connectivity index (χ0) is 20.4. The lowest BCUT2D eigenvalue weighted by Crippen LogP contribution is -2.35. The Hall–Kier alpha value is -1.58. The SMILES string of the molecule is CSc1nc(NCC(O)C(O)CO)c2ncn([C@@H]3OC(CO)[C@@H](O)[C@H]3O)c2n1. The molecule has 28 heavy (non-hydrogen) atoms. The van der Waals surface area contributed by atoms with Crippen LogP contribution in [0, 0.1) is 0 Å². The molecule has 1 saturated heterocycles. The van der Waals surface area contributed by atoms with Crippen LogP contribution >= 0.6 is 11.8 Å². The molecule has 156 valence electrons. The highest BCUT2D eigenvalue weighted by atomic mass is 32.2. The minimum Gasteiger partial charge on any atom is -0.394 e. The van der Waals surface area contributed by atoms with Crippen molar-refractivity contribution in [3.05, 3.63) is 6.33 Å². The minimum absolute atomic E-state index is 0.0949. The molecule has 6 atom stereocenters. The van der Waals surface area contributed by atoms with Crippen molar-refractivity contribution in [1.29, 1.82) is 0 Å². The summed E-state index contributed by atoms with van der Waals surface area (Å²) in [6.07, 6.45) is -3.89. The number of hydrogen-bond acceptors (Lipinski definition) is 12. The number of ether oxygens (including phenoxy) is 1. The van der Waals surface area contributed by atoms with Crippen LogP contribution < -0.4 is 5.32 Å². The standard InChI is InChI=1S/C15H23N5O7S/c1-28-15-18-12(16-2-6(23)7(24)3-21)9-13(19-15)20(5-17-9)14-11(26)10(25)8(4-22)27-14/h5-8,10-11,14,21-26H,2-4H2,1H3,(H,16,18,19)/t6?,7?,8?,10-,11-,14-/m1/s1. The topological polar surface area (TPSA) is 186 Å². The number of nitrogens with zero attached hydrogens (tertiary/aromatic N) is 4. The Bertz CT molecular complexity index is 808. The number of aliphatic hydroxyl groups excluding tert-OH is 6. The molecule has 0 spiro atoms. The molecule has 1 aliphatic heterocycles. The summed E-state index contributed by atoms with van der Waals surface area (Å²) in [6, 6.07) is 0. The molecule has 2 aromatic heterocycles. The fraction of sp³-hybridized carbons (Fsp3) is 0.667. The van der Waals surface area contributed by atoms with Gasteiger partial charge in [-0.05, 0) is 6.26 Å². The third-order valence-corrected chi connectivity index (χ3v) is 5.03. The molecule has 12 nitrogen and oxygen atoms in total. The molecule has 3 rings (SSSR count). The van der Waals surface area contributed by atoms with Gasteiger partial charge in [0.15, 0.2) is 28.4 Å². The molecule has 3 unspecified atom stereocenters. The second kappa shape index (κ2) is 8.84. The van der Waals surface area contributed by atoms with Crippen LogP contribution in [0.15, 0.2) is 11.5 Å². The smallest absolute Gasteiger partial charge is 0.191 e. The van der Waals surface area contributed by atoms with E-state index in [2.05, 4.69) is 20.3 Å². The van der Waals surface area contributed by atoms with E-state index in [0.29, 0.717) is 16.3 Å². The van der Waals surface area contributed by atoms with Gasteiger partial charge in [-0.25, -0.2) is 15.0 Å². The van der Waals surface area contributed by atoms with Crippen molar-refractivity contribution in [1.82, 2.24) is 19.5 Å². The maximum atomic E-state index is 10.3. The average molecular weight is 417 g/mol. The number of thioether (sulfide) groups is 1. The van der Waals surface area contributed by atoms with Crippen molar-refractivity contribution in [2.45, 2.75) is 41.9 Å². The number of aliphatic hydroxyl groups is 6. The van der Waals surface area contributed by atoms with E-state index in [1.807, 2.05) is 0 Å². The van der Waals surface area contributed by atoms with E-state index in [-0.39, 0.29) is 12.4 Å². The van der Waals surface area contributed by atoms with Gasteiger partial charge in [0.25, 0.3) is 0 Å². The summed E-state index contributed by atoms with van der Waals surface area (Å²) >= 11 is 1.26. The third-order valence-electron chi connectivity index (χ3n) is 4.48. The molecule has 2 aromatic rings. The van der Waals surface area contributed by atoms with E-state index < -0.39 is 50.0 Å². The Labute approximate surface area is 163 Å². The van der Waals surface area contributed by atoms with Crippen LogP contribution in [-0.4, -0.2) is 107 Å². The summed E-state index contributed by atoms with van der Waals surface area (Å²) < 4.78 is 6.96. The summed E-state index contributed by atoms with van der Waals surface area (Å²) in [6.45, 7) is -1.13. The van der Waals surface area contributed by atoms with Crippen LogP contribution in [-0.2, 0) is 4.74 Å². The number of imidazole rings is 1. The van der Waals surface area contributed by atoms with Crippen LogP contribution in [0.1, 0.15) is 6.23 Å². The maximum absolute atomic E-state index is 10.3. The lowest BCUT2D eigenvalue weighted by molar-refractivity contribution is -0.0511. The van der Waals surface area contributed by atoms with Gasteiger partial charge in [-0.3, -0.25) is 4.57 Å². The maximum Gasteiger partial charge on any atom is 0.191 e. The Kier molecular flexibility index (Phi) is 6.67. The fourth-order valence-electron chi connectivity index (χ4n) is 2.87. The van der Waals surface area contributed by atoms with Crippen LogP contribution in [0.5, 0.6) is 0 Å². The van der Waals surface area contributed by atoms with Gasteiger partial charge in [0.1, 0.15) is 24.4 Å². The summed E-state index contributed by atoms with van der Waals surface area (Å²) in [5, 5.41) is 61.0. The molecular weight excluding hydrogens is 394 g/mol. The molecule has 7 N–H and O–H groups in total. The van der Waals surface area contributed by atoms with Crippen molar-refractivity contribution in [2.75, 3.05) is 31.3 Å². The van der Waals surface area contributed by atoms with Gasteiger partial charge in [-0.15, -0.1) is 0 Å². The second-order valence-electron chi connectivity index (χ2n) is 6.31. The van der Waals surface area contributed by atoms with E-state index in [1.165, 1.54) is 22.7 Å². The molecular formula is C15H23N5O7S. The molecule has 3 heterocycles. The Morgan fingerprint density at radius 3 is 2.57 bits per heavy atom. The van der Waals surface area contributed by atoms with Gasteiger partial charge in [0.05, 0.1) is 25.6 Å². The van der Waals surface area contributed by atoms with Gasteiger partial charge in [-0.2, -0.15) is 0 Å². The fourth-order valence-corrected chi connectivity index (χ4v) is 3.23. The summed E-state index contributed by atoms with van der Waals surface area (Å²) in [5.74, 6) is 0.282. The largest absolute Gasteiger partial charge is 0.394 e. The first-order chi connectivity index (χ1) is 13.4. The van der Waals surface area contributed by atoms with Gasteiger partial charge in [-0.1, -0.05) is 11.8 Å². The highest BCUT2D eigenvalue weighted by Crippen LogP contribution is 2.33. The normalized spacial score (nSPS) is 27.2. The molecule has 1 fully saturated rings. The lowest BCUT2D eigenvalue weighted by Gasteiger charge is -2.18. The quantitative estimate of drug-likeness (QED) is 0.174. The number of aromatic nitrogens is 4. The predicted octanol–water partition coefficient (Wildman–Crippen LogP) is -2.71. The first-order valence-corrected chi connectivity index (χ1v) is 9.75. The number of rotatable bonds is 8. The van der Waals surface area contributed by atoms with Crippen molar-refractivity contribution >= 4 is 28.7 Å². The summed E-state index contributed by atoms with van der Waals surface area (Å²) in [4.78, 5) is 12.9. The van der Waals surface area contributed by atoms with E-state index in [9.17, 15) is 25.5 Å². The van der Waals surface area contributed by atoms with Crippen LogP contribution in [0.25, 0.3) is 11.2 Å². The van der Waals surface area contributed by atoms with Crippen molar-refractivity contribution < 1.29 is 35.4 Å². The number of anilines is 1. The molecule has 0 aromatic carbocycles. The highest BCUT2D eigenvalue weighted by Gasteiger charge is 2.44. The van der Waals surface area contributed by atoms with Crippen molar-refractivity contribution in [2.24, 2.45) is 0 Å². The first kappa shape index (κ1) is 21.1. The predicted molar refractivity (Wildman–Crippen MR) is 97.7 cm³/mol. The van der Waals surface area contributed by atoms with Gasteiger partial charge >= 0.3 is 0 Å². The van der Waals surface area contributed by atoms with Gasteiger partial charge < -0.3 is 40.7 Å². The number of nitrogens with one attached hydrogen (secondary N) is 1. The van der Waals surface area contributed by atoms with Crippen LogP contribution in [0.3, 0.4) is 0 Å². The minimum atomic E-state index is -1.30. The summed E-state index contributed by atoms with van der Waals surface area (Å²) in [7, 11) is 0.